The van der Waals surface area contributed by atoms with Gasteiger partial charge < -0.3 is 0 Å². The van der Waals surface area contributed by atoms with Gasteiger partial charge in [0, 0.05) is 5.69 Å². The fourth-order valence-corrected chi connectivity index (χ4v) is 1.22. The summed E-state index contributed by atoms with van der Waals surface area (Å²) in [6, 6.07) is 4.84. The van der Waals surface area contributed by atoms with Crippen molar-refractivity contribution in [3.8, 4) is 0 Å². The Kier molecular flexibility index (Phi) is 3.81. The van der Waals surface area contributed by atoms with Crippen molar-refractivity contribution in [3.05, 3.63) is 29.6 Å². The Morgan fingerprint density at radius 2 is 2.13 bits per heavy atom. The molecule has 0 spiro atoms. The lowest BCUT2D eigenvalue weighted by Crippen LogP contribution is -2.18. The Bertz CT molecular complexity index is 367. The molecule has 0 aliphatic heterocycles. The van der Waals surface area contributed by atoms with Crippen LogP contribution >= 0.6 is 0 Å². The number of alkyl halides is 3. The standard InChI is InChI=1S/C8H8F3NO2S/c1-6-3-2-4-7(12-6)5-14-15(13)8(9,10)11/h2-4H,5H2,1H3/t15-/m1/s1. The zero-order chi connectivity index (χ0) is 11.5. The van der Waals surface area contributed by atoms with Crippen LogP contribution in [0.5, 0.6) is 0 Å². The van der Waals surface area contributed by atoms with Crippen LogP contribution in [-0.2, 0) is 21.9 Å². The molecule has 7 heteroatoms. The first kappa shape index (κ1) is 12.1. The number of rotatable bonds is 3. The monoisotopic (exact) mass is 239 g/mol. The van der Waals surface area contributed by atoms with Gasteiger partial charge in [-0.25, -0.2) is 4.21 Å². The summed E-state index contributed by atoms with van der Waals surface area (Å²) in [5.41, 5.74) is -3.87. The molecule has 0 bridgehead atoms. The molecule has 3 nitrogen and oxygen atoms in total. The summed E-state index contributed by atoms with van der Waals surface area (Å²) in [5, 5.41) is 0. The molecule has 1 aromatic rings. The van der Waals surface area contributed by atoms with E-state index in [2.05, 4.69) is 9.17 Å². The summed E-state index contributed by atoms with van der Waals surface area (Å²) < 4.78 is 49.9. The third-order valence-electron chi connectivity index (χ3n) is 1.45. The molecule has 1 aromatic heterocycles. The van der Waals surface area contributed by atoms with E-state index in [0.29, 0.717) is 11.4 Å². The van der Waals surface area contributed by atoms with Gasteiger partial charge in [-0.1, -0.05) is 6.07 Å². The maximum absolute atomic E-state index is 11.8. The number of aromatic nitrogens is 1. The van der Waals surface area contributed by atoms with Crippen molar-refractivity contribution in [3.63, 3.8) is 0 Å². The molecule has 0 aliphatic carbocycles. The molecule has 0 fully saturated rings. The van der Waals surface area contributed by atoms with E-state index in [0.717, 1.165) is 0 Å². The minimum atomic E-state index is -4.84. The van der Waals surface area contributed by atoms with Crippen LogP contribution in [0.15, 0.2) is 18.2 Å². The molecular formula is C8H8F3NO2S. The lowest BCUT2D eigenvalue weighted by Gasteiger charge is -2.06. The highest BCUT2D eigenvalue weighted by Crippen LogP contribution is 2.21. The van der Waals surface area contributed by atoms with Crippen LogP contribution in [0.2, 0.25) is 0 Å². The van der Waals surface area contributed by atoms with Crippen LogP contribution in [0.3, 0.4) is 0 Å². The van der Waals surface area contributed by atoms with E-state index in [4.69, 9.17) is 0 Å². The molecule has 0 saturated carbocycles. The van der Waals surface area contributed by atoms with Crippen LogP contribution in [0, 0.1) is 6.92 Å². The average molecular weight is 239 g/mol. The summed E-state index contributed by atoms with van der Waals surface area (Å²) in [6.45, 7) is 1.28. The molecule has 1 atom stereocenters. The third kappa shape index (κ3) is 3.96. The summed E-state index contributed by atoms with van der Waals surface area (Å²) in [5.74, 6) is 0. The van der Waals surface area contributed by atoms with E-state index < -0.39 is 23.2 Å². The summed E-state index contributed by atoms with van der Waals surface area (Å²) >= 11 is -3.28. The number of pyridine rings is 1. The molecule has 0 radical (unpaired) electrons. The first-order valence-corrected chi connectivity index (χ1v) is 5.01. The number of hydrogen-bond acceptors (Lipinski definition) is 3. The second-order valence-electron chi connectivity index (χ2n) is 2.71. The zero-order valence-corrected chi connectivity index (χ0v) is 8.56. The van der Waals surface area contributed by atoms with Gasteiger partial charge >= 0.3 is 5.51 Å². The van der Waals surface area contributed by atoms with Crippen LogP contribution in [0.25, 0.3) is 0 Å². The normalized spacial score (nSPS) is 13.9. The topological polar surface area (TPSA) is 39.2 Å². The molecule has 84 valence electrons. The van der Waals surface area contributed by atoms with Gasteiger partial charge in [-0.15, -0.1) is 0 Å². The van der Waals surface area contributed by atoms with Crippen molar-refractivity contribution in [1.82, 2.24) is 4.98 Å². The number of aryl methyl sites for hydroxylation is 1. The van der Waals surface area contributed by atoms with Crippen LogP contribution in [0.4, 0.5) is 13.2 Å². The second kappa shape index (κ2) is 4.71. The second-order valence-corrected chi connectivity index (χ2v) is 3.88. The highest BCUT2D eigenvalue weighted by atomic mass is 32.2. The average Bonchev–Trinajstić information content (AvgIpc) is 2.12. The van der Waals surface area contributed by atoms with Gasteiger partial charge in [-0.2, -0.15) is 13.2 Å². The Hall–Kier alpha value is -0.950. The van der Waals surface area contributed by atoms with E-state index in [-0.39, 0.29) is 0 Å². The van der Waals surface area contributed by atoms with Gasteiger partial charge in [0.25, 0.3) is 11.1 Å². The zero-order valence-electron chi connectivity index (χ0n) is 7.75. The predicted molar refractivity (Wildman–Crippen MR) is 48.0 cm³/mol. The van der Waals surface area contributed by atoms with Crippen LogP contribution in [0.1, 0.15) is 11.4 Å². The molecule has 15 heavy (non-hydrogen) atoms. The molecule has 0 N–H and O–H groups in total. The number of hydrogen-bond donors (Lipinski definition) is 0. The van der Waals surface area contributed by atoms with E-state index in [1.165, 1.54) is 6.07 Å². The van der Waals surface area contributed by atoms with Crippen molar-refractivity contribution in [2.75, 3.05) is 0 Å². The van der Waals surface area contributed by atoms with Gasteiger partial charge in [0.1, 0.15) is 6.61 Å². The Morgan fingerprint density at radius 1 is 1.47 bits per heavy atom. The van der Waals surface area contributed by atoms with Crippen molar-refractivity contribution >= 4 is 11.1 Å². The van der Waals surface area contributed by atoms with Crippen molar-refractivity contribution < 1.29 is 21.6 Å². The number of nitrogens with zero attached hydrogens (tertiary/aromatic N) is 1. The summed E-state index contributed by atoms with van der Waals surface area (Å²) in [6.07, 6.45) is 0. The fourth-order valence-electron chi connectivity index (χ4n) is 0.861. The molecule has 0 amide bonds. The fraction of sp³-hybridized carbons (Fsp3) is 0.375. The largest absolute Gasteiger partial charge is 0.497 e. The van der Waals surface area contributed by atoms with Crippen LogP contribution in [-0.4, -0.2) is 14.7 Å². The minimum Gasteiger partial charge on any atom is -0.277 e. The lowest BCUT2D eigenvalue weighted by molar-refractivity contribution is -0.0477. The SMILES string of the molecule is Cc1cccc(CO[S@@](=O)C(F)(F)F)n1. The lowest BCUT2D eigenvalue weighted by atomic mass is 10.3. The minimum absolute atomic E-state index is 0.313. The van der Waals surface area contributed by atoms with Crippen molar-refractivity contribution in [2.45, 2.75) is 19.0 Å². The highest BCUT2D eigenvalue weighted by Gasteiger charge is 2.38. The maximum Gasteiger partial charge on any atom is 0.497 e. The Balaban J connectivity index is 2.55. The molecule has 1 rings (SSSR count). The van der Waals surface area contributed by atoms with E-state index in [9.17, 15) is 17.4 Å². The Morgan fingerprint density at radius 3 is 2.67 bits per heavy atom. The van der Waals surface area contributed by atoms with Crippen molar-refractivity contribution in [2.24, 2.45) is 0 Å². The predicted octanol–water partition coefficient (Wildman–Crippen LogP) is 2.09. The van der Waals surface area contributed by atoms with Gasteiger partial charge in [0.15, 0.2) is 0 Å². The molecular weight excluding hydrogens is 231 g/mol. The molecule has 0 aliphatic rings. The number of halogens is 3. The van der Waals surface area contributed by atoms with Gasteiger partial charge in [0.2, 0.25) is 0 Å². The van der Waals surface area contributed by atoms with Gasteiger partial charge in [-0.05, 0) is 19.1 Å². The summed E-state index contributed by atoms with van der Waals surface area (Å²) in [4.78, 5) is 3.90. The van der Waals surface area contributed by atoms with Crippen molar-refractivity contribution in [1.29, 1.82) is 0 Å². The molecule has 0 unspecified atom stereocenters. The highest BCUT2D eigenvalue weighted by molar-refractivity contribution is 7.81. The van der Waals surface area contributed by atoms with Gasteiger partial charge in [-0.3, -0.25) is 9.17 Å². The Labute approximate surface area is 86.9 Å². The third-order valence-corrected chi connectivity index (χ3v) is 2.16. The maximum atomic E-state index is 11.8. The molecule has 0 aromatic carbocycles. The summed E-state index contributed by atoms with van der Waals surface area (Å²) in [7, 11) is 0. The first-order chi connectivity index (χ1) is 6.89. The van der Waals surface area contributed by atoms with E-state index in [1.807, 2.05) is 0 Å². The smallest absolute Gasteiger partial charge is 0.277 e. The van der Waals surface area contributed by atoms with E-state index >= 15 is 0 Å². The van der Waals surface area contributed by atoms with Gasteiger partial charge in [0.05, 0.1) is 5.69 Å². The first-order valence-electron chi connectivity index (χ1n) is 3.94. The molecule has 1 heterocycles. The molecule has 0 saturated heterocycles. The van der Waals surface area contributed by atoms with Crippen LogP contribution < -0.4 is 0 Å². The quantitative estimate of drug-likeness (QED) is 0.810. The van der Waals surface area contributed by atoms with E-state index in [1.54, 1.807) is 19.1 Å².